The van der Waals surface area contributed by atoms with Crippen LogP contribution in [0.3, 0.4) is 0 Å². The Morgan fingerprint density at radius 3 is 2.61 bits per heavy atom. The Hall–Kier alpha value is -2.03. The van der Waals surface area contributed by atoms with Gasteiger partial charge >= 0.3 is 0 Å². The lowest BCUT2D eigenvalue weighted by Crippen LogP contribution is -2.06. The van der Waals surface area contributed by atoms with E-state index in [-0.39, 0.29) is 6.04 Å². The van der Waals surface area contributed by atoms with E-state index in [1.54, 1.807) is 6.20 Å². The fraction of sp³-hybridized carbons (Fsp3) is 0.267. The van der Waals surface area contributed by atoms with Crippen LogP contribution in [0.2, 0.25) is 0 Å². The average Bonchev–Trinajstić information content (AvgIpc) is 2.42. The molecular weight excluding hydrogens is 224 g/mol. The molecule has 1 unspecified atom stereocenters. The topological polar surface area (TPSA) is 34.1 Å². The molecule has 18 heavy (non-hydrogen) atoms. The molecule has 1 heterocycles. The lowest BCUT2D eigenvalue weighted by atomic mass is 10.1. The quantitative estimate of drug-likeness (QED) is 0.869. The molecule has 0 radical (unpaired) electrons. The van der Waals surface area contributed by atoms with Crippen molar-refractivity contribution in [2.45, 2.75) is 19.9 Å². The smallest absolute Gasteiger partial charge is 0.119 e. The molecule has 2 aromatic rings. The monoisotopic (exact) mass is 242 g/mol. The standard InChI is InChI=1S/C15H18N2O/c1-3-18-15-8-6-14(7-9-15)17-12(2)13-5-4-10-16-11-13/h4-12,17H,3H2,1-2H3. The van der Waals surface area contributed by atoms with E-state index in [0.717, 1.165) is 11.4 Å². The third-order valence-corrected chi connectivity index (χ3v) is 2.73. The molecule has 0 saturated carbocycles. The molecular formula is C15H18N2O. The molecule has 1 aromatic carbocycles. The molecule has 0 fully saturated rings. The summed E-state index contributed by atoms with van der Waals surface area (Å²) in [7, 11) is 0. The number of hydrogen-bond donors (Lipinski definition) is 1. The van der Waals surface area contributed by atoms with Gasteiger partial charge in [-0.2, -0.15) is 0 Å². The lowest BCUT2D eigenvalue weighted by molar-refractivity contribution is 0.340. The van der Waals surface area contributed by atoms with Crippen LogP contribution in [0.5, 0.6) is 5.75 Å². The van der Waals surface area contributed by atoms with Crippen LogP contribution in [0.4, 0.5) is 5.69 Å². The molecule has 0 saturated heterocycles. The maximum atomic E-state index is 5.41. The van der Waals surface area contributed by atoms with E-state index in [2.05, 4.69) is 23.3 Å². The highest BCUT2D eigenvalue weighted by Crippen LogP contribution is 2.20. The minimum atomic E-state index is 0.233. The molecule has 94 valence electrons. The lowest BCUT2D eigenvalue weighted by Gasteiger charge is -2.15. The molecule has 0 aliphatic carbocycles. The molecule has 2 rings (SSSR count). The molecule has 0 spiro atoms. The maximum absolute atomic E-state index is 5.41. The zero-order chi connectivity index (χ0) is 12.8. The van der Waals surface area contributed by atoms with Crippen molar-refractivity contribution in [3.63, 3.8) is 0 Å². The van der Waals surface area contributed by atoms with Crippen LogP contribution in [0, 0.1) is 0 Å². The van der Waals surface area contributed by atoms with Crippen molar-refractivity contribution >= 4 is 5.69 Å². The molecule has 0 aliphatic heterocycles. The van der Waals surface area contributed by atoms with E-state index in [1.807, 2.05) is 43.5 Å². The van der Waals surface area contributed by atoms with Gasteiger partial charge in [-0.15, -0.1) is 0 Å². The zero-order valence-electron chi connectivity index (χ0n) is 10.8. The van der Waals surface area contributed by atoms with Gasteiger partial charge in [-0.1, -0.05) is 6.07 Å². The van der Waals surface area contributed by atoms with Crippen molar-refractivity contribution in [1.82, 2.24) is 4.98 Å². The first-order valence-electron chi connectivity index (χ1n) is 6.19. The second kappa shape index (κ2) is 6.05. The number of anilines is 1. The van der Waals surface area contributed by atoms with E-state index >= 15 is 0 Å². The minimum absolute atomic E-state index is 0.233. The second-order valence-corrected chi connectivity index (χ2v) is 4.11. The fourth-order valence-electron chi connectivity index (χ4n) is 1.78. The van der Waals surface area contributed by atoms with E-state index in [9.17, 15) is 0 Å². The molecule has 1 atom stereocenters. The Bertz CT molecular complexity index is 468. The summed E-state index contributed by atoms with van der Waals surface area (Å²) in [4.78, 5) is 4.13. The summed E-state index contributed by atoms with van der Waals surface area (Å²) in [5.41, 5.74) is 2.25. The van der Waals surface area contributed by atoms with Gasteiger partial charge in [0.2, 0.25) is 0 Å². The van der Waals surface area contributed by atoms with Crippen LogP contribution in [0.25, 0.3) is 0 Å². The largest absolute Gasteiger partial charge is 0.494 e. The maximum Gasteiger partial charge on any atom is 0.119 e. The van der Waals surface area contributed by atoms with Crippen molar-refractivity contribution in [3.8, 4) is 5.75 Å². The second-order valence-electron chi connectivity index (χ2n) is 4.11. The highest BCUT2D eigenvalue weighted by Gasteiger charge is 2.04. The Kier molecular flexibility index (Phi) is 4.18. The van der Waals surface area contributed by atoms with Crippen molar-refractivity contribution in [2.24, 2.45) is 0 Å². The number of pyridine rings is 1. The van der Waals surface area contributed by atoms with E-state index in [4.69, 9.17) is 4.74 Å². The molecule has 3 nitrogen and oxygen atoms in total. The van der Waals surface area contributed by atoms with Crippen molar-refractivity contribution < 1.29 is 4.74 Å². The van der Waals surface area contributed by atoms with Crippen LogP contribution in [-0.2, 0) is 0 Å². The Morgan fingerprint density at radius 2 is 2.00 bits per heavy atom. The molecule has 3 heteroatoms. The molecule has 1 N–H and O–H groups in total. The van der Waals surface area contributed by atoms with Crippen LogP contribution in [0.1, 0.15) is 25.5 Å². The first-order chi connectivity index (χ1) is 8.79. The number of nitrogens with one attached hydrogen (secondary N) is 1. The SMILES string of the molecule is CCOc1ccc(NC(C)c2cccnc2)cc1. The summed E-state index contributed by atoms with van der Waals surface area (Å²) in [5, 5.41) is 3.43. The summed E-state index contributed by atoms with van der Waals surface area (Å²) in [6.45, 7) is 4.79. The van der Waals surface area contributed by atoms with E-state index in [1.165, 1.54) is 5.56 Å². The summed E-state index contributed by atoms with van der Waals surface area (Å²) >= 11 is 0. The number of rotatable bonds is 5. The van der Waals surface area contributed by atoms with Gasteiger partial charge in [-0.3, -0.25) is 4.98 Å². The Morgan fingerprint density at radius 1 is 1.22 bits per heavy atom. The Balaban J connectivity index is 2.01. The average molecular weight is 242 g/mol. The van der Waals surface area contributed by atoms with Crippen LogP contribution < -0.4 is 10.1 Å². The highest BCUT2D eigenvalue weighted by molar-refractivity contribution is 5.47. The van der Waals surface area contributed by atoms with E-state index < -0.39 is 0 Å². The molecule has 0 bridgehead atoms. The third-order valence-electron chi connectivity index (χ3n) is 2.73. The number of hydrogen-bond acceptors (Lipinski definition) is 3. The first-order valence-corrected chi connectivity index (χ1v) is 6.19. The molecule has 1 aromatic heterocycles. The Labute approximate surface area is 108 Å². The third kappa shape index (κ3) is 3.23. The highest BCUT2D eigenvalue weighted by atomic mass is 16.5. The van der Waals surface area contributed by atoms with E-state index in [0.29, 0.717) is 6.61 Å². The van der Waals surface area contributed by atoms with Gasteiger partial charge in [-0.25, -0.2) is 0 Å². The zero-order valence-corrected chi connectivity index (χ0v) is 10.8. The number of nitrogens with zero attached hydrogens (tertiary/aromatic N) is 1. The van der Waals surface area contributed by atoms with Crippen LogP contribution in [-0.4, -0.2) is 11.6 Å². The first kappa shape index (κ1) is 12.4. The van der Waals surface area contributed by atoms with Gasteiger partial charge in [-0.05, 0) is 49.7 Å². The van der Waals surface area contributed by atoms with Gasteiger partial charge in [0.25, 0.3) is 0 Å². The predicted octanol–water partition coefficient (Wildman–Crippen LogP) is 3.65. The molecule has 0 aliphatic rings. The van der Waals surface area contributed by atoms with Crippen molar-refractivity contribution in [1.29, 1.82) is 0 Å². The van der Waals surface area contributed by atoms with Gasteiger partial charge in [0.15, 0.2) is 0 Å². The van der Waals surface area contributed by atoms with Crippen molar-refractivity contribution in [2.75, 3.05) is 11.9 Å². The fourth-order valence-corrected chi connectivity index (χ4v) is 1.78. The predicted molar refractivity (Wildman–Crippen MR) is 73.9 cm³/mol. The van der Waals surface area contributed by atoms with Gasteiger partial charge in [0.1, 0.15) is 5.75 Å². The number of aromatic nitrogens is 1. The normalized spacial score (nSPS) is 11.9. The van der Waals surface area contributed by atoms with Gasteiger partial charge < -0.3 is 10.1 Å². The van der Waals surface area contributed by atoms with Crippen LogP contribution in [0.15, 0.2) is 48.8 Å². The number of benzene rings is 1. The van der Waals surface area contributed by atoms with Crippen LogP contribution >= 0.6 is 0 Å². The van der Waals surface area contributed by atoms with Crippen molar-refractivity contribution in [3.05, 3.63) is 54.4 Å². The van der Waals surface area contributed by atoms with Gasteiger partial charge in [0, 0.05) is 18.1 Å². The molecule has 0 amide bonds. The summed E-state index contributed by atoms with van der Waals surface area (Å²) in [6, 6.07) is 12.3. The van der Waals surface area contributed by atoms with Gasteiger partial charge in [0.05, 0.1) is 12.6 Å². The summed E-state index contributed by atoms with van der Waals surface area (Å²) in [6.07, 6.45) is 3.67. The summed E-state index contributed by atoms with van der Waals surface area (Å²) in [5.74, 6) is 0.900. The number of ether oxygens (including phenoxy) is 1. The minimum Gasteiger partial charge on any atom is -0.494 e. The summed E-state index contributed by atoms with van der Waals surface area (Å²) < 4.78 is 5.41.